The summed E-state index contributed by atoms with van der Waals surface area (Å²) in [6.07, 6.45) is 9.14. The lowest BCUT2D eigenvalue weighted by atomic mass is 9.52. The van der Waals surface area contributed by atoms with Crippen LogP contribution in [0.5, 0.6) is 0 Å². The van der Waals surface area contributed by atoms with E-state index in [1.54, 1.807) is 6.92 Å². The lowest BCUT2D eigenvalue weighted by molar-refractivity contribution is -0.183. The van der Waals surface area contributed by atoms with Crippen molar-refractivity contribution in [3.63, 3.8) is 0 Å². The number of hydrogen-bond donors (Lipinski definition) is 2. The van der Waals surface area contributed by atoms with Crippen molar-refractivity contribution >= 4 is 11.9 Å². The Balaban J connectivity index is 3.36. The fraction of sp³-hybridized carbons (Fsp3) is 0.895. The molecular formula is C19H34O4. The molecule has 0 amide bonds. The van der Waals surface area contributed by atoms with Crippen molar-refractivity contribution in [1.82, 2.24) is 0 Å². The average molecular weight is 326 g/mol. The van der Waals surface area contributed by atoms with E-state index in [4.69, 9.17) is 0 Å². The van der Waals surface area contributed by atoms with Crippen LogP contribution in [-0.2, 0) is 9.59 Å². The molecule has 0 bridgehead atoms. The minimum atomic E-state index is -1.19. The van der Waals surface area contributed by atoms with Crippen LogP contribution in [0.1, 0.15) is 91.4 Å². The van der Waals surface area contributed by atoms with Crippen molar-refractivity contribution in [3.05, 3.63) is 0 Å². The lowest BCUT2D eigenvalue weighted by Gasteiger charge is -2.49. The van der Waals surface area contributed by atoms with Crippen LogP contribution < -0.4 is 0 Å². The van der Waals surface area contributed by atoms with E-state index in [2.05, 4.69) is 0 Å². The Kier molecular flexibility index (Phi) is 7.56. The molecule has 0 aliphatic heterocycles. The van der Waals surface area contributed by atoms with Gasteiger partial charge in [0.1, 0.15) is 0 Å². The molecule has 1 fully saturated rings. The Bertz CT molecular complexity index is 400. The van der Waals surface area contributed by atoms with E-state index in [1.165, 1.54) is 0 Å². The summed E-state index contributed by atoms with van der Waals surface area (Å²) in [5.74, 6) is -1.84. The van der Waals surface area contributed by atoms with Crippen LogP contribution in [0.15, 0.2) is 0 Å². The number of aliphatic carboxylic acids is 2. The standard InChI is InChI=1S/C19H34O4/c1-4-6-13-18(3,16(20)21)19(17(22)23,14-7-5-2)15-11-9-8-10-12-15/h15H,4-14H2,1-3H3,(H,20,21)(H,22,23). The highest BCUT2D eigenvalue weighted by atomic mass is 16.4. The molecule has 2 unspecified atom stereocenters. The number of rotatable bonds is 10. The molecule has 0 radical (unpaired) electrons. The topological polar surface area (TPSA) is 74.6 Å². The van der Waals surface area contributed by atoms with Crippen molar-refractivity contribution < 1.29 is 19.8 Å². The van der Waals surface area contributed by atoms with Crippen LogP contribution in [-0.4, -0.2) is 22.2 Å². The second kappa shape index (κ2) is 8.70. The van der Waals surface area contributed by atoms with Gasteiger partial charge in [-0.3, -0.25) is 9.59 Å². The van der Waals surface area contributed by atoms with Gasteiger partial charge in [-0.2, -0.15) is 0 Å². The van der Waals surface area contributed by atoms with Gasteiger partial charge in [-0.1, -0.05) is 58.8 Å². The number of unbranched alkanes of at least 4 members (excludes halogenated alkanes) is 2. The molecule has 0 heterocycles. The maximum absolute atomic E-state index is 12.5. The first-order chi connectivity index (χ1) is 10.9. The molecule has 0 saturated heterocycles. The molecule has 2 atom stereocenters. The van der Waals surface area contributed by atoms with Gasteiger partial charge in [-0.15, -0.1) is 0 Å². The second-order valence-electron chi connectivity index (χ2n) is 7.46. The van der Waals surface area contributed by atoms with Gasteiger partial charge in [0, 0.05) is 0 Å². The summed E-state index contributed by atoms with van der Waals surface area (Å²) in [5, 5.41) is 20.2. The van der Waals surface area contributed by atoms with Gasteiger partial charge in [0.05, 0.1) is 10.8 Å². The lowest BCUT2D eigenvalue weighted by Crippen LogP contribution is -2.55. The van der Waals surface area contributed by atoms with Crippen LogP contribution in [0, 0.1) is 16.7 Å². The smallest absolute Gasteiger partial charge is 0.311 e. The zero-order chi connectivity index (χ0) is 17.5. The molecule has 134 valence electrons. The van der Waals surface area contributed by atoms with Gasteiger partial charge in [0.25, 0.3) is 0 Å². The molecule has 1 aliphatic carbocycles. The molecular weight excluding hydrogens is 292 g/mol. The molecule has 0 spiro atoms. The van der Waals surface area contributed by atoms with E-state index in [0.29, 0.717) is 12.8 Å². The van der Waals surface area contributed by atoms with Crippen LogP contribution in [0.2, 0.25) is 0 Å². The largest absolute Gasteiger partial charge is 0.481 e. The van der Waals surface area contributed by atoms with Crippen LogP contribution in [0.25, 0.3) is 0 Å². The van der Waals surface area contributed by atoms with Gasteiger partial charge in [-0.05, 0) is 38.5 Å². The number of carboxylic acids is 2. The Morgan fingerprint density at radius 1 is 0.913 bits per heavy atom. The first kappa shape index (κ1) is 20.0. The van der Waals surface area contributed by atoms with E-state index in [-0.39, 0.29) is 5.92 Å². The van der Waals surface area contributed by atoms with E-state index in [0.717, 1.165) is 57.8 Å². The summed E-state index contributed by atoms with van der Waals surface area (Å²) in [7, 11) is 0. The molecule has 1 saturated carbocycles. The van der Waals surface area contributed by atoms with Gasteiger partial charge in [-0.25, -0.2) is 0 Å². The quantitative estimate of drug-likeness (QED) is 0.585. The average Bonchev–Trinajstić information content (AvgIpc) is 2.54. The number of carboxylic acid groups (broad SMARTS) is 2. The minimum absolute atomic E-state index is 0.0155. The molecule has 4 heteroatoms. The number of hydrogen-bond acceptors (Lipinski definition) is 2. The predicted octanol–water partition coefficient (Wildman–Crippen LogP) is 5.11. The Morgan fingerprint density at radius 3 is 1.87 bits per heavy atom. The Hall–Kier alpha value is -1.06. The van der Waals surface area contributed by atoms with Crippen molar-refractivity contribution in [2.75, 3.05) is 0 Å². The van der Waals surface area contributed by atoms with E-state index in [9.17, 15) is 19.8 Å². The van der Waals surface area contributed by atoms with E-state index in [1.807, 2.05) is 13.8 Å². The third kappa shape index (κ3) is 3.89. The van der Waals surface area contributed by atoms with Crippen molar-refractivity contribution in [3.8, 4) is 0 Å². The summed E-state index contributed by atoms with van der Waals surface area (Å²) < 4.78 is 0. The first-order valence-corrected chi connectivity index (χ1v) is 9.33. The third-order valence-corrected chi connectivity index (χ3v) is 6.10. The molecule has 0 aromatic heterocycles. The molecule has 2 N–H and O–H groups in total. The van der Waals surface area contributed by atoms with Crippen molar-refractivity contribution in [2.24, 2.45) is 16.7 Å². The van der Waals surface area contributed by atoms with E-state index >= 15 is 0 Å². The molecule has 0 aromatic carbocycles. The number of carbonyl (C=O) groups is 2. The van der Waals surface area contributed by atoms with Gasteiger partial charge in [0.15, 0.2) is 0 Å². The van der Waals surface area contributed by atoms with Crippen LogP contribution in [0.4, 0.5) is 0 Å². The van der Waals surface area contributed by atoms with Crippen LogP contribution in [0.3, 0.4) is 0 Å². The second-order valence-corrected chi connectivity index (χ2v) is 7.46. The highest BCUT2D eigenvalue weighted by Crippen LogP contribution is 2.56. The van der Waals surface area contributed by atoms with Crippen molar-refractivity contribution in [1.29, 1.82) is 0 Å². The predicted molar refractivity (Wildman–Crippen MR) is 91.4 cm³/mol. The van der Waals surface area contributed by atoms with Gasteiger partial charge < -0.3 is 10.2 Å². The zero-order valence-corrected chi connectivity index (χ0v) is 15.1. The van der Waals surface area contributed by atoms with Crippen molar-refractivity contribution in [2.45, 2.75) is 91.4 Å². The maximum Gasteiger partial charge on any atom is 0.311 e. The first-order valence-electron chi connectivity index (χ1n) is 9.33. The summed E-state index contributed by atoms with van der Waals surface area (Å²) in [6, 6.07) is 0. The van der Waals surface area contributed by atoms with Crippen LogP contribution >= 0.6 is 0 Å². The SMILES string of the molecule is CCCCC(C)(C(=O)O)C(CCCC)(C(=O)O)C1CCCCC1. The summed E-state index contributed by atoms with van der Waals surface area (Å²) >= 11 is 0. The van der Waals surface area contributed by atoms with E-state index < -0.39 is 22.8 Å². The molecule has 23 heavy (non-hydrogen) atoms. The third-order valence-electron chi connectivity index (χ3n) is 6.10. The normalized spacial score (nSPS) is 21.3. The monoisotopic (exact) mass is 326 g/mol. The molecule has 4 nitrogen and oxygen atoms in total. The van der Waals surface area contributed by atoms with Gasteiger partial charge >= 0.3 is 11.9 Å². The maximum atomic E-state index is 12.5. The van der Waals surface area contributed by atoms with Gasteiger partial charge in [0.2, 0.25) is 0 Å². The minimum Gasteiger partial charge on any atom is -0.481 e. The molecule has 1 rings (SSSR count). The summed E-state index contributed by atoms with van der Waals surface area (Å²) in [4.78, 5) is 24.7. The summed E-state index contributed by atoms with van der Waals surface area (Å²) in [6.45, 7) is 5.76. The zero-order valence-electron chi connectivity index (χ0n) is 15.1. The molecule has 0 aromatic rings. The fourth-order valence-corrected chi connectivity index (χ4v) is 4.55. The molecule has 1 aliphatic rings. The summed E-state index contributed by atoms with van der Waals surface area (Å²) in [5.41, 5.74) is -2.32. The highest BCUT2D eigenvalue weighted by Gasteiger charge is 2.61. The highest BCUT2D eigenvalue weighted by molar-refractivity contribution is 5.86. The Labute approximate surface area is 140 Å². The fourth-order valence-electron chi connectivity index (χ4n) is 4.55. The Morgan fingerprint density at radius 2 is 1.43 bits per heavy atom.